The first-order chi connectivity index (χ1) is 9.27. The minimum absolute atomic E-state index is 0.102. The minimum atomic E-state index is -0.669. The van der Waals surface area contributed by atoms with Crippen molar-refractivity contribution in [2.45, 2.75) is 31.6 Å². The van der Waals surface area contributed by atoms with Gasteiger partial charge in [-0.05, 0) is 29.7 Å². The summed E-state index contributed by atoms with van der Waals surface area (Å²) in [5.41, 5.74) is 1.10. The van der Waals surface area contributed by atoms with Crippen molar-refractivity contribution in [1.82, 2.24) is 4.98 Å². The average molecular weight is 255 g/mol. The summed E-state index contributed by atoms with van der Waals surface area (Å²) < 4.78 is 0. The van der Waals surface area contributed by atoms with Crippen LogP contribution in [0, 0.1) is 5.92 Å². The summed E-state index contributed by atoms with van der Waals surface area (Å²) >= 11 is 0. The van der Waals surface area contributed by atoms with Crippen LogP contribution in [0.25, 0.3) is 10.8 Å². The highest BCUT2D eigenvalue weighted by molar-refractivity contribution is 5.86. The SMILES string of the molecule is O=C(O)C1CCCCC1c1cncc2ccccc12. The molecule has 1 fully saturated rings. The summed E-state index contributed by atoms with van der Waals surface area (Å²) in [5, 5.41) is 11.7. The van der Waals surface area contributed by atoms with E-state index in [0.717, 1.165) is 42.0 Å². The van der Waals surface area contributed by atoms with E-state index >= 15 is 0 Å². The van der Waals surface area contributed by atoms with Gasteiger partial charge in [-0.15, -0.1) is 0 Å². The number of hydrogen-bond acceptors (Lipinski definition) is 2. The molecule has 0 spiro atoms. The molecule has 3 heteroatoms. The maximum Gasteiger partial charge on any atom is 0.307 e. The molecule has 1 aliphatic carbocycles. The van der Waals surface area contributed by atoms with Gasteiger partial charge < -0.3 is 5.11 Å². The van der Waals surface area contributed by atoms with Crippen LogP contribution in [0.5, 0.6) is 0 Å². The number of carboxylic acid groups (broad SMARTS) is 1. The normalized spacial score (nSPS) is 23.4. The fraction of sp³-hybridized carbons (Fsp3) is 0.375. The second-order valence-electron chi connectivity index (χ2n) is 5.29. The number of aliphatic carboxylic acids is 1. The van der Waals surface area contributed by atoms with Crippen molar-refractivity contribution in [3.05, 3.63) is 42.2 Å². The van der Waals surface area contributed by atoms with Crippen molar-refractivity contribution in [3.8, 4) is 0 Å². The first-order valence-electron chi connectivity index (χ1n) is 6.83. The van der Waals surface area contributed by atoms with Crippen LogP contribution >= 0.6 is 0 Å². The molecular weight excluding hydrogens is 238 g/mol. The number of nitrogens with zero attached hydrogens (tertiary/aromatic N) is 1. The van der Waals surface area contributed by atoms with E-state index in [9.17, 15) is 9.90 Å². The van der Waals surface area contributed by atoms with Crippen LogP contribution < -0.4 is 0 Å². The standard InChI is InChI=1S/C16H17NO2/c18-16(19)14-8-4-3-7-13(14)15-10-17-9-11-5-1-2-6-12(11)15/h1-2,5-6,9-10,13-14H,3-4,7-8H2,(H,18,19). The summed E-state index contributed by atoms with van der Waals surface area (Å²) in [4.78, 5) is 15.7. The number of benzene rings is 1. The Morgan fingerprint density at radius 3 is 2.79 bits per heavy atom. The molecule has 2 aromatic rings. The molecule has 0 radical (unpaired) electrons. The predicted octanol–water partition coefficient (Wildman–Crippen LogP) is 3.59. The summed E-state index contributed by atoms with van der Waals surface area (Å²) in [7, 11) is 0. The third-order valence-corrected chi connectivity index (χ3v) is 4.18. The molecule has 3 nitrogen and oxygen atoms in total. The van der Waals surface area contributed by atoms with Crippen molar-refractivity contribution in [2.24, 2.45) is 5.92 Å². The molecule has 3 rings (SSSR count). The van der Waals surface area contributed by atoms with Crippen LogP contribution in [-0.2, 0) is 4.79 Å². The van der Waals surface area contributed by atoms with Crippen molar-refractivity contribution in [2.75, 3.05) is 0 Å². The molecule has 1 aliphatic rings. The number of aromatic nitrogens is 1. The number of rotatable bonds is 2. The number of pyridine rings is 1. The van der Waals surface area contributed by atoms with Crippen molar-refractivity contribution in [1.29, 1.82) is 0 Å². The van der Waals surface area contributed by atoms with Crippen molar-refractivity contribution < 1.29 is 9.90 Å². The Morgan fingerprint density at radius 2 is 1.95 bits per heavy atom. The molecule has 0 bridgehead atoms. The van der Waals surface area contributed by atoms with Crippen molar-refractivity contribution >= 4 is 16.7 Å². The molecule has 1 aromatic carbocycles. The molecule has 2 unspecified atom stereocenters. The largest absolute Gasteiger partial charge is 0.481 e. The fourth-order valence-electron chi connectivity index (χ4n) is 3.23. The monoisotopic (exact) mass is 255 g/mol. The lowest BCUT2D eigenvalue weighted by Gasteiger charge is -2.29. The summed E-state index contributed by atoms with van der Waals surface area (Å²) in [6.07, 6.45) is 7.56. The smallest absolute Gasteiger partial charge is 0.307 e. The molecule has 1 heterocycles. The topological polar surface area (TPSA) is 50.2 Å². The summed E-state index contributed by atoms with van der Waals surface area (Å²) in [5.74, 6) is -0.830. The average Bonchev–Trinajstić information content (AvgIpc) is 2.46. The van der Waals surface area contributed by atoms with E-state index in [4.69, 9.17) is 0 Å². The molecule has 1 N–H and O–H groups in total. The third kappa shape index (κ3) is 2.21. The van der Waals surface area contributed by atoms with E-state index in [1.54, 1.807) is 0 Å². The van der Waals surface area contributed by atoms with E-state index in [2.05, 4.69) is 11.1 Å². The third-order valence-electron chi connectivity index (χ3n) is 4.18. The second kappa shape index (κ2) is 5.00. The minimum Gasteiger partial charge on any atom is -0.481 e. The first kappa shape index (κ1) is 12.2. The Labute approximate surface area is 112 Å². The Kier molecular flexibility index (Phi) is 3.20. The van der Waals surface area contributed by atoms with Gasteiger partial charge in [0.15, 0.2) is 0 Å². The summed E-state index contributed by atoms with van der Waals surface area (Å²) in [6, 6.07) is 8.10. The Balaban J connectivity index is 2.09. The molecule has 1 saturated carbocycles. The molecule has 19 heavy (non-hydrogen) atoms. The van der Waals surface area contributed by atoms with Gasteiger partial charge in [-0.25, -0.2) is 0 Å². The zero-order valence-electron chi connectivity index (χ0n) is 10.7. The van der Waals surface area contributed by atoms with Crippen LogP contribution in [0.15, 0.2) is 36.7 Å². The van der Waals surface area contributed by atoms with E-state index in [1.165, 1.54) is 0 Å². The van der Waals surface area contributed by atoms with E-state index < -0.39 is 5.97 Å². The molecule has 2 atom stereocenters. The lowest BCUT2D eigenvalue weighted by atomic mass is 9.75. The van der Waals surface area contributed by atoms with Gasteiger partial charge in [0.1, 0.15) is 0 Å². The highest BCUT2D eigenvalue weighted by Crippen LogP contribution is 2.40. The molecular formula is C16H17NO2. The Bertz CT molecular complexity index is 603. The molecule has 0 amide bonds. The predicted molar refractivity (Wildman–Crippen MR) is 74.1 cm³/mol. The highest BCUT2D eigenvalue weighted by atomic mass is 16.4. The maximum atomic E-state index is 11.5. The van der Waals surface area contributed by atoms with Gasteiger partial charge >= 0.3 is 5.97 Å². The number of carbonyl (C=O) groups is 1. The van der Waals surface area contributed by atoms with Gasteiger partial charge in [0.25, 0.3) is 0 Å². The molecule has 98 valence electrons. The van der Waals surface area contributed by atoms with E-state index in [-0.39, 0.29) is 11.8 Å². The second-order valence-corrected chi connectivity index (χ2v) is 5.29. The van der Waals surface area contributed by atoms with E-state index in [0.29, 0.717) is 0 Å². The molecule has 0 saturated heterocycles. The Morgan fingerprint density at radius 1 is 1.16 bits per heavy atom. The van der Waals surface area contributed by atoms with Gasteiger partial charge in [0, 0.05) is 17.8 Å². The van der Waals surface area contributed by atoms with E-state index in [1.807, 2.05) is 30.6 Å². The van der Waals surface area contributed by atoms with Crippen LogP contribution in [0.2, 0.25) is 0 Å². The lowest BCUT2D eigenvalue weighted by Crippen LogP contribution is -2.25. The van der Waals surface area contributed by atoms with Crippen molar-refractivity contribution in [3.63, 3.8) is 0 Å². The highest BCUT2D eigenvalue weighted by Gasteiger charge is 2.32. The van der Waals surface area contributed by atoms with Crippen LogP contribution in [0.3, 0.4) is 0 Å². The van der Waals surface area contributed by atoms with Crippen LogP contribution in [0.4, 0.5) is 0 Å². The fourth-order valence-corrected chi connectivity index (χ4v) is 3.23. The first-order valence-corrected chi connectivity index (χ1v) is 6.83. The zero-order chi connectivity index (χ0) is 13.2. The maximum absolute atomic E-state index is 11.5. The number of carboxylic acids is 1. The van der Waals surface area contributed by atoms with Gasteiger partial charge in [-0.2, -0.15) is 0 Å². The van der Waals surface area contributed by atoms with Crippen LogP contribution in [0.1, 0.15) is 37.2 Å². The number of hydrogen-bond donors (Lipinski definition) is 1. The zero-order valence-corrected chi connectivity index (χ0v) is 10.7. The Hall–Kier alpha value is -1.90. The molecule has 1 aromatic heterocycles. The lowest BCUT2D eigenvalue weighted by molar-refractivity contribution is -0.143. The molecule has 0 aliphatic heterocycles. The van der Waals surface area contributed by atoms with Crippen LogP contribution in [-0.4, -0.2) is 16.1 Å². The summed E-state index contributed by atoms with van der Waals surface area (Å²) in [6.45, 7) is 0. The van der Waals surface area contributed by atoms with Gasteiger partial charge in [-0.1, -0.05) is 37.1 Å². The van der Waals surface area contributed by atoms with Gasteiger partial charge in [0.05, 0.1) is 5.92 Å². The van der Waals surface area contributed by atoms with Gasteiger partial charge in [-0.3, -0.25) is 9.78 Å². The van der Waals surface area contributed by atoms with Gasteiger partial charge in [0.2, 0.25) is 0 Å². The quantitative estimate of drug-likeness (QED) is 0.892. The number of fused-ring (bicyclic) bond motifs is 1.